The van der Waals surface area contributed by atoms with Gasteiger partial charge < -0.3 is 5.32 Å². The third-order valence-corrected chi connectivity index (χ3v) is 3.75. The van der Waals surface area contributed by atoms with Crippen LogP contribution < -0.4 is 10.6 Å². The molecule has 2 aliphatic rings. The number of likely N-dealkylation sites (tertiary alicyclic amines) is 1. The highest BCUT2D eigenvalue weighted by molar-refractivity contribution is 4.85. The maximum atomic E-state index is 4.79. The molecular formula is C12H24N3. The molecule has 0 aliphatic carbocycles. The minimum Gasteiger partial charge on any atom is -0.315 e. The number of nitrogens with one attached hydrogen (secondary N) is 1. The SMILES string of the molecule is CC(C1CNCCC[N]1)N1CCCCC1. The van der Waals surface area contributed by atoms with E-state index in [1.807, 2.05) is 0 Å². The molecule has 0 saturated carbocycles. The van der Waals surface area contributed by atoms with E-state index < -0.39 is 0 Å². The Morgan fingerprint density at radius 3 is 2.80 bits per heavy atom. The van der Waals surface area contributed by atoms with Crippen LogP contribution in [0.5, 0.6) is 0 Å². The first-order valence-electron chi connectivity index (χ1n) is 6.49. The maximum absolute atomic E-state index is 4.79. The van der Waals surface area contributed by atoms with Gasteiger partial charge in [-0.1, -0.05) is 6.42 Å². The van der Waals surface area contributed by atoms with Gasteiger partial charge in [-0.2, -0.15) is 0 Å². The Morgan fingerprint density at radius 2 is 2.00 bits per heavy atom. The molecule has 1 N–H and O–H groups in total. The number of rotatable bonds is 2. The number of hydrogen-bond donors (Lipinski definition) is 1. The largest absolute Gasteiger partial charge is 0.315 e. The smallest absolute Gasteiger partial charge is 0.0523 e. The van der Waals surface area contributed by atoms with Gasteiger partial charge in [0.25, 0.3) is 0 Å². The van der Waals surface area contributed by atoms with Crippen LogP contribution in [0, 0.1) is 0 Å². The van der Waals surface area contributed by atoms with Crippen LogP contribution in [0.15, 0.2) is 0 Å². The molecule has 0 bridgehead atoms. The summed E-state index contributed by atoms with van der Waals surface area (Å²) < 4.78 is 0. The van der Waals surface area contributed by atoms with Crippen LogP contribution >= 0.6 is 0 Å². The van der Waals surface area contributed by atoms with Crippen LogP contribution in [0.1, 0.15) is 32.6 Å². The van der Waals surface area contributed by atoms with E-state index in [2.05, 4.69) is 17.1 Å². The summed E-state index contributed by atoms with van der Waals surface area (Å²) >= 11 is 0. The molecule has 2 saturated heterocycles. The van der Waals surface area contributed by atoms with Crippen LogP contribution in [-0.2, 0) is 0 Å². The number of nitrogens with zero attached hydrogens (tertiary/aromatic N) is 2. The molecule has 2 atom stereocenters. The predicted octanol–water partition coefficient (Wildman–Crippen LogP) is 0.827. The minimum atomic E-state index is 0.519. The summed E-state index contributed by atoms with van der Waals surface area (Å²) in [6.45, 7) is 8.20. The van der Waals surface area contributed by atoms with Gasteiger partial charge >= 0.3 is 0 Å². The maximum Gasteiger partial charge on any atom is 0.0523 e. The minimum absolute atomic E-state index is 0.519. The summed E-state index contributed by atoms with van der Waals surface area (Å²) in [6, 6.07) is 1.15. The molecule has 0 aromatic carbocycles. The molecule has 15 heavy (non-hydrogen) atoms. The van der Waals surface area contributed by atoms with Crippen LogP contribution in [0.3, 0.4) is 0 Å². The Labute approximate surface area is 93.6 Å². The molecule has 3 nitrogen and oxygen atoms in total. The summed E-state index contributed by atoms with van der Waals surface area (Å²) in [5.41, 5.74) is 0. The van der Waals surface area contributed by atoms with Crippen molar-refractivity contribution in [3.8, 4) is 0 Å². The van der Waals surface area contributed by atoms with E-state index in [4.69, 9.17) is 5.32 Å². The highest BCUT2D eigenvalue weighted by Gasteiger charge is 2.25. The van der Waals surface area contributed by atoms with E-state index in [-0.39, 0.29) is 0 Å². The Hall–Kier alpha value is -0.120. The second-order valence-electron chi connectivity index (χ2n) is 4.87. The van der Waals surface area contributed by atoms with Crippen molar-refractivity contribution in [1.29, 1.82) is 0 Å². The molecule has 2 unspecified atom stereocenters. The van der Waals surface area contributed by atoms with Gasteiger partial charge in [0, 0.05) is 19.1 Å². The van der Waals surface area contributed by atoms with E-state index in [1.165, 1.54) is 38.8 Å². The average Bonchev–Trinajstić information content (AvgIpc) is 2.58. The molecule has 2 fully saturated rings. The van der Waals surface area contributed by atoms with Crippen molar-refractivity contribution >= 4 is 0 Å². The lowest BCUT2D eigenvalue weighted by molar-refractivity contribution is 0.142. The first kappa shape index (κ1) is 11.4. The lowest BCUT2D eigenvalue weighted by Gasteiger charge is -2.36. The number of hydrogen-bond acceptors (Lipinski definition) is 2. The first-order valence-corrected chi connectivity index (χ1v) is 6.49. The van der Waals surface area contributed by atoms with Gasteiger partial charge in [-0.3, -0.25) is 4.90 Å². The first-order chi connectivity index (χ1) is 7.38. The molecule has 3 heteroatoms. The van der Waals surface area contributed by atoms with Crippen LogP contribution in [-0.4, -0.2) is 49.7 Å². The third kappa shape index (κ3) is 3.16. The summed E-state index contributed by atoms with van der Waals surface area (Å²) in [5.74, 6) is 0. The van der Waals surface area contributed by atoms with Crippen molar-refractivity contribution in [2.75, 3.05) is 32.7 Å². The van der Waals surface area contributed by atoms with Gasteiger partial charge in [0.05, 0.1) is 6.04 Å². The molecule has 0 aromatic rings. The van der Waals surface area contributed by atoms with Gasteiger partial charge in [-0.15, -0.1) is 0 Å². The van der Waals surface area contributed by atoms with Crippen molar-refractivity contribution in [2.24, 2.45) is 0 Å². The molecule has 0 spiro atoms. The van der Waals surface area contributed by atoms with Crippen LogP contribution in [0.25, 0.3) is 0 Å². The van der Waals surface area contributed by atoms with E-state index in [0.717, 1.165) is 19.6 Å². The van der Waals surface area contributed by atoms with Gasteiger partial charge in [0.2, 0.25) is 0 Å². The zero-order valence-electron chi connectivity index (χ0n) is 9.91. The normalized spacial score (nSPS) is 32.2. The van der Waals surface area contributed by atoms with Crippen LogP contribution in [0.4, 0.5) is 0 Å². The third-order valence-electron chi connectivity index (χ3n) is 3.75. The van der Waals surface area contributed by atoms with E-state index in [9.17, 15) is 0 Å². The van der Waals surface area contributed by atoms with Gasteiger partial charge in [-0.25, -0.2) is 5.32 Å². The quantitative estimate of drug-likeness (QED) is 0.731. The fraction of sp³-hybridized carbons (Fsp3) is 1.00. The van der Waals surface area contributed by atoms with Gasteiger partial charge in [-0.05, 0) is 45.8 Å². The van der Waals surface area contributed by atoms with E-state index >= 15 is 0 Å². The van der Waals surface area contributed by atoms with Gasteiger partial charge in [0.1, 0.15) is 0 Å². The zero-order chi connectivity index (χ0) is 10.5. The van der Waals surface area contributed by atoms with E-state index in [0.29, 0.717) is 12.1 Å². The summed E-state index contributed by atoms with van der Waals surface area (Å²) in [7, 11) is 0. The Bertz CT molecular complexity index is 170. The summed E-state index contributed by atoms with van der Waals surface area (Å²) in [4.78, 5) is 2.63. The Balaban J connectivity index is 1.83. The second kappa shape index (κ2) is 5.83. The molecule has 0 aromatic heterocycles. The van der Waals surface area contributed by atoms with Crippen LogP contribution in [0.2, 0.25) is 0 Å². The zero-order valence-corrected chi connectivity index (χ0v) is 9.91. The lowest BCUT2D eigenvalue weighted by Crippen LogP contribution is -2.50. The molecule has 1 radical (unpaired) electrons. The van der Waals surface area contributed by atoms with E-state index in [1.54, 1.807) is 0 Å². The van der Waals surface area contributed by atoms with Crippen molar-refractivity contribution in [2.45, 2.75) is 44.7 Å². The monoisotopic (exact) mass is 210 g/mol. The van der Waals surface area contributed by atoms with Crippen molar-refractivity contribution in [3.05, 3.63) is 0 Å². The van der Waals surface area contributed by atoms with Crippen molar-refractivity contribution in [1.82, 2.24) is 15.5 Å². The molecule has 2 heterocycles. The molecule has 0 amide bonds. The standard InChI is InChI=1S/C12H24N3/c1-11(15-8-3-2-4-9-15)12-10-13-6-5-7-14-12/h11-13H,2-10H2,1H3. The highest BCUT2D eigenvalue weighted by Crippen LogP contribution is 2.14. The van der Waals surface area contributed by atoms with Crippen molar-refractivity contribution < 1.29 is 0 Å². The molecular weight excluding hydrogens is 186 g/mol. The number of piperidine rings is 1. The van der Waals surface area contributed by atoms with Crippen molar-refractivity contribution in [3.63, 3.8) is 0 Å². The fourth-order valence-corrected chi connectivity index (χ4v) is 2.67. The topological polar surface area (TPSA) is 29.4 Å². The highest BCUT2D eigenvalue weighted by atomic mass is 15.2. The molecule has 2 aliphatic heterocycles. The van der Waals surface area contributed by atoms with Gasteiger partial charge in [0.15, 0.2) is 0 Å². The molecule has 87 valence electrons. The lowest BCUT2D eigenvalue weighted by atomic mass is 10.0. The summed E-state index contributed by atoms with van der Waals surface area (Å²) in [6.07, 6.45) is 5.39. The molecule has 2 rings (SSSR count). The average molecular weight is 210 g/mol. The summed E-state index contributed by atoms with van der Waals surface area (Å²) in [5, 5.41) is 8.29. The Morgan fingerprint density at radius 1 is 1.20 bits per heavy atom. The second-order valence-corrected chi connectivity index (χ2v) is 4.87. The fourth-order valence-electron chi connectivity index (χ4n) is 2.67. The Kier molecular flexibility index (Phi) is 4.42. The predicted molar refractivity (Wildman–Crippen MR) is 63.2 cm³/mol.